The summed E-state index contributed by atoms with van der Waals surface area (Å²) in [4.78, 5) is 9.43. The van der Waals surface area contributed by atoms with Crippen LogP contribution in [0.5, 0.6) is 11.5 Å². The predicted octanol–water partition coefficient (Wildman–Crippen LogP) is 9.58. The maximum atomic E-state index is 6.41. The molecular formula is C38H32N4OPt. The van der Waals surface area contributed by atoms with E-state index in [1.807, 2.05) is 36.9 Å². The molecule has 4 aromatic heterocycles. The Kier molecular flexibility index (Phi) is 6.43. The fraction of sp³-hybridized carbons (Fsp3) is 0.211. The molecule has 0 aliphatic carbocycles. The fourth-order valence-electron chi connectivity index (χ4n) is 6.20. The molecule has 0 unspecified atom stereocenters. The third-order valence-electron chi connectivity index (χ3n) is 8.61. The number of aromatic nitrogens is 4. The van der Waals surface area contributed by atoms with Crippen molar-refractivity contribution < 1.29 is 25.8 Å². The molecule has 0 N–H and O–H groups in total. The molecule has 0 bridgehead atoms. The van der Waals surface area contributed by atoms with E-state index in [1.165, 1.54) is 11.1 Å². The van der Waals surface area contributed by atoms with E-state index in [0.29, 0.717) is 11.5 Å². The van der Waals surface area contributed by atoms with Crippen molar-refractivity contribution >= 4 is 54.6 Å². The molecule has 0 aliphatic heterocycles. The van der Waals surface area contributed by atoms with E-state index in [0.717, 1.165) is 54.6 Å². The van der Waals surface area contributed by atoms with Crippen LogP contribution < -0.4 is 4.74 Å². The van der Waals surface area contributed by atoms with Crippen LogP contribution in [-0.2, 0) is 31.9 Å². The first-order valence-corrected chi connectivity index (χ1v) is 14.7. The van der Waals surface area contributed by atoms with Crippen LogP contribution >= 0.6 is 0 Å². The van der Waals surface area contributed by atoms with Crippen molar-refractivity contribution in [1.29, 1.82) is 0 Å². The Balaban J connectivity index is 0.00000312. The molecule has 0 saturated heterocycles. The van der Waals surface area contributed by atoms with Crippen molar-refractivity contribution in [3.63, 3.8) is 0 Å². The number of hydrogen-bond donors (Lipinski definition) is 0. The van der Waals surface area contributed by atoms with Gasteiger partial charge in [0.05, 0.1) is 11.3 Å². The van der Waals surface area contributed by atoms with Crippen molar-refractivity contribution in [3.8, 4) is 11.5 Å². The third kappa shape index (κ3) is 4.40. The fourth-order valence-corrected chi connectivity index (χ4v) is 6.20. The smallest absolute Gasteiger partial charge is 0.497 e. The summed E-state index contributed by atoms with van der Waals surface area (Å²) in [5.41, 5.74) is 6.70. The number of fused-ring (bicyclic) bond motifs is 12. The van der Waals surface area contributed by atoms with Crippen molar-refractivity contribution in [2.75, 3.05) is 0 Å². The number of pyridine rings is 2. The van der Waals surface area contributed by atoms with Gasteiger partial charge in [0, 0.05) is 47.3 Å². The van der Waals surface area contributed by atoms with E-state index in [2.05, 4.69) is 111 Å². The number of benzene rings is 4. The average Bonchev–Trinajstić information content (AvgIpc) is 3.67. The molecular weight excluding hydrogens is 724 g/mol. The Morgan fingerprint density at radius 2 is 0.977 bits per heavy atom. The van der Waals surface area contributed by atoms with Crippen molar-refractivity contribution in [1.82, 2.24) is 18.8 Å². The van der Waals surface area contributed by atoms with Crippen LogP contribution in [0.4, 0.5) is 0 Å². The normalized spacial score (nSPS) is 12.6. The summed E-state index contributed by atoms with van der Waals surface area (Å²) in [5.74, 6) is 1.24. The first-order valence-electron chi connectivity index (χ1n) is 14.7. The summed E-state index contributed by atoms with van der Waals surface area (Å²) in [6.07, 6.45) is 7.74. The summed E-state index contributed by atoms with van der Waals surface area (Å²) in [7, 11) is 0. The van der Waals surface area contributed by atoms with Gasteiger partial charge in [-0.25, -0.2) is 0 Å². The summed E-state index contributed by atoms with van der Waals surface area (Å²) in [6, 6.07) is 28.7. The van der Waals surface area contributed by atoms with Crippen molar-refractivity contribution in [3.05, 3.63) is 109 Å². The largest absolute Gasteiger partial charge is 2.00 e. The van der Waals surface area contributed by atoms with Crippen molar-refractivity contribution in [2.24, 2.45) is 0 Å². The maximum Gasteiger partial charge on any atom is 2.00 e. The average molecular weight is 756 g/mol. The number of ether oxygens (including phenoxy) is 1. The number of imidazole rings is 2. The third-order valence-corrected chi connectivity index (χ3v) is 8.61. The summed E-state index contributed by atoms with van der Waals surface area (Å²) in [6.45, 7) is 13.4. The molecule has 44 heavy (non-hydrogen) atoms. The van der Waals surface area contributed by atoms with Gasteiger partial charge in [0.1, 0.15) is 0 Å². The quantitative estimate of drug-likeness (QED) is 0.131. The van der Waals surface area contributed by atoms with Gasteiger partial charge < -0.3 is 13.5 Å². The molecule has 0 spiro atoms. The van der Waals surface area contributed by atoms with E-state index >= 15 is 0 Å². The molecule has 0 atom stereocenters. The zero-order chi connectivity index (χ0) is 29.7. The zero-order valence-electron chi connectivity index (χ0n) is 25.6. The van der Waals surface area contributed by atoms with Crippen LogP contribution in [0.25, 0.3) is 54.6 Å². The monoisotopic (exact) mass is 755 g/mol. The SMILES string of the molecule is CC(C)(C)c1ccc2c3ccc(Oc4[c-]c5c(cc4)c4ccc(C(C)(C)C)cc4n4ccnc54)[c-]c3c3nccn3c2c1.[Pt+2]. The van der Waals surface area contributed by atoms with Gasteiger partial charge in [0.25, 0.3) is 0 Å². The topological polar surface area (TPSA) is 43.8 Å². The van der Waals surface area contributed by atoms with Crippen LogP contribution in [0, 0.1) is 12.1 Å². The molecule has 4 aromatic carbocycles. The first kappa shape index (κ1) is 28.6. The van der Waals surface area contributed by atoms with Crippen LogP contribution in [0.15, 0.2) is 85.5 Å². The number of nitrogens with zero attached hydrogens (tertiary/aromatic N) is 4. The van der Waals surface area contributed by atoms with Gasteiger partial charge in [-0.1, -0.05) is 112 Å². The van der Waals surface area contributed by atoms with E-state index in [-0.39, 0.29) is 31.9 Å². The summed E-state index contributed by atoms with van der Waals surface area (Å²) < 4.78 is 10.7. The molecule has 5 nitrogen and oxygen atoms in total. The summed E-state index contributed by atoms with van der Waals surface area (Å²) in [5, 5.41) is 6.38. The van der Waals surface area contributed by atoms with Crippen LogP contribution in [0.3, 0.4) is 0 Å². The second-order valence-electron chi connectivity index (χ2n) is 13.5. The number of hydrogen-bond acceptors (Lipinski definition) is 3. The second-order valence-corrected chi connectivity index (χ2v) is 13.5. The van der Waals surface area contributed by atoms with Gasteiger partial charge in [0.2, 0.25) is 0 Å². The minimum Gasteiger partial charge on any atom is -0.497 e. The van der Waals surface area contributed by atoms with E-state index in [1.54, 1.807) is 0 Å². The minimum absolute atomic E-state index is 0. The van der Waals surface area contributed by atoms with Gasteiger partial charge in [-0.15, -0.1) is 12.1 Å². The molecule has 0 saturated carbocycles. The number of rotatable bonds is 2. The molecule has 6 heteroatoms. The van der Waals surface area contributed by atoms with E-state index < -0.39 is 0 Å². The molecule has 0 aliphatic rings. The maximum absolute atomic E-state index is 6.41. The molecule has 8 rings (SSSR count). The van der Waals surface area contributed by atoms with Crippen LogP contribution in [-0.4, -0.2) is 18.8 Å². The molecule has 0 radical (unpaired) electrons. The Morgan fingerprint density at radius 3 is 1.39 bits per heavy atom. The zero-order valence-corrected chi connectivity index (χ0v) is 27.9. The minimum atomic E-state index is 0. The van der Waals surface area contributed by atoms with Gasteiger partial charge in [-0.05, 0) is 44.9 Å². The van der Waals surface area contributed by atoms with E-state index in [9.17, 15) is 0 Å². The molecule has 220 valence electrons. The first-order chi connectivity index (χ1) is 20.6. The van der Waals surface area contributed by atoms with Crippen LogP contribution in [0.2, 0.25) is 0 Å². The molecule has 0 amide bonds. The Labute approximate surface area is 270 Å². The Morgan fingerprint density at radius 1 is 0.568 bits per heavy atom. The Hall–Kier alpha value is -4.21. The molecule has 0 fully saturated rings. The Bertz CT molecular complexity index is 2230. The molecule has 8 aromatic rings. The van der Waals surface area contributed by atoms with Gasteiger partial charge in [-0.3, -0.25) is 9.97 Å². The predicted molar refractivity (Wildman–Crippen MR) is 176 cm³/mol. The standard InChI is InChI=1S/C38H32N4O.Pt/c1-37(2,3)23-7-11-29-27-13-9-25(21-31(27)35-39-15-17-41(35)33(29)19-23)43-26-10-14-28-30-12-8-24(38(4,5)6)20-34(30)42-18-16-40-36(42)32(28)22-26;/h7-20H,1-6H3;/q-2;+2. The van der Waals surface area contributed by atoms with Gasteiger partial charge in [-0.2, -0.15) is 0 Å². The second kappa shape index (κ2) is 9.90. The van der Waals surface area contributed by atoms with Gasteiger partial charge >= 0.3 is 21.1 Å². The summed E-state index contributed by atoms with van der Waals surface area (Å²) >= 11 is 0. The van der Waals surface area contributed by atoms with Crippen LogP contribution in [0.1, 0.15) is 52.7 Å². The van der Waals surface area contributed by atoms with E-state index in [4.69, 9.17) is 14.7 Å². The van der Waals surface area contributed by atoms with Gasteiger partial charge in [0.15, 0.2) is 0 Å². The van der Waals surface area contributed by atoms with Crippen molar-refractivity contribution in [2.45, 2.75) is 52.4 Å². The molecule has 4 heterocycles.